The summed E-state index contributed by atoms with van der Waals surface area (Å²) in [6.45, 7) is 3.40. The first-order valence-electron chi connectivity index (χ1n) is 8.68. The summed E-state index contributed by atoms with van der Waals surface area (Å²) in [6.07, 6.45) is 2.46. The van der Waals surface area contributed by atoms with E-state index in [2.05, 4.69) is 0 Å². The second-order valence-electron chi connectivity index (χ2n) is 6.14. The molecular formula is C20H21ClN2O4. The quantitative estimate of drug-likeness (QED) is 0.547. The van der Waals surface area contributed by atoms with Crippen molar-refractivity contribution in [3.8, 4) is 17.7 Å². The van der Waals surface area contributed by atoms with Crippen LogP contribution in [0, 0.1) is 18.3 Å². The van der Waals surface area contributed by atoms with Gasteiger partial charge in [-0.15, -0.1) is 0 Å². The molecule has 0 radical (unpaired) electrons. The summed E-state index contributed by atoms with van der Waals surface area (Å²) in [5.74, 6) is -0.486. The van der Waals surface area contributed by atoms with Gasteiger partial charge in [-0.25, -0.2) is 0 Å². The standard InChI is InChI=1S/C20H21ClN2O4/c1-3-4-5-10-23-19(25)16(11-22)13(2)18(20(23)26)17(24)12-27-15-8-6-14(21)7-9-15/h6-9,26H,3-5,10,12H2,1-2H3. The van der Waals surface area contributed by atoms with Gasteiger partial charge >= 0.3 is 0 Å². The molecule has 0 aliphatic carbocycles. The molecule has 0 saturated carbocycles. The highest BCUT2D eigenvalue weighted by atomic mass is 35.5. The Bertz CT molecular complexity index is 927. The van der Waals surface area contributed by atoms with Gasteiger partial charge in [0.15, 0.2) is 6.61 Å². The number of nitrogens with zero attached hydrogens (tertiary/aromatic N) is 2. The maximum atomic E-state index is 12.7. The first kappa shape index (κ1) is 20.5. The maximum Gasteiger partial charge on any atom is 0.271 e. The summed E-state index contributed by atoms with van der Waals surface area (Å²) in [7, 11) is 0. The molecule has 0 spiro atoms. The molecule has 0 saturated heterocycles. The normalized spacial score (nSPS) is 10.4. The molecule has 0 aliphatic heterocycles. The molecule has 1 aromatic heterocycles. The minimum atomic E-state index is -0.584. The van der Waals surface area contributed by atoms with E-state index in [0.29, 0.717) is 17.2 Å². The number of aromatic hydroxyl groups is 1. The first-order valence-corrected chi connectivity index (χ1v) is 9.06. The number of pyridine rings is 1. The third-order valence-electron chi connectivity index (χ3n) is 4.25. The van der Waals surface area contributed by atoms with Crippen molar-refractivity contribution < 1.29 is 14.6 Å². The lowest BCUT2D eigenvalue weighted by Gasteiger charge is -2.15. The summed E-state index contributed by atoms with van der Waals surface area (Å²) >= 11 is 5.81. The fraction of sp³-hybridized carbons (Fsp3) is 0.350. The summed E-state index contributed by atoms with van der Waals surface area (Å²) < 4.78 is 6.53. The van der Waals surface area contributed by atoms with Crippen LogP contribution in [-0.4, -0.2) is 22.1 Å². The van der Waals surface area contributed by atoms with Gasteiger partial charge in [-0.2, -0.15) is 5.26 Å². The van der Waals surface area contributed by atoms with E-state index in [1.54, 1.807) is 24.3 Å². The van der Waals surface area contributed by atoms with Crippen molar-refractivity contribution in [3.05, 3.63) is 56.3 Å². The average Bonchev–Trinajstić information content (AvgIpc) is 2.64. The minimum Gasteiger partial charge on any atom is -0.494 e. The van der Waals surface area contributed by atoms with Gasteiger partial charge in [0.05, 0.1) is 5.56 Å². The van der Waals surface area contributed by atoms with Crippen molar-refractivity contribution >= 4 is 17.4 Å². The highest BCUT2D eigenvalue weighted by Gasteiger charge is 2.24. The van der Waals surface area contributed by atoms with Crippen LogP contribution in [0.25, 0.3) is 0 Å². The zero-order valence-electron chi connectivity index (χ0n) is 15.3. The van der Waals surface area contributed by atoms with Crippen LogP contribution < -0.4 is 10.3 Å². The van der Waals surface area contributed by atoms with E-state index in [9.17, 15) is 20.0 Å². The largest absolute Gasteiger partial charge is 0.494 e. The van der Waals surface area contributed by atoms with E-state index in [1.165, 1.54) is 6.92 Å². The number of aromatic nitrogens is 1. The van der Waals surface area contributed by atoms with Crippen molar-refractivity contribution in [1.29, 1.82) is 5.26 Å². The monoisotopic (exact) mass is 388 g/mol. The van der Waals surface area contributed by atoms with E-state index in [0.717, 1.165) is 17.4 Å². The number of ether oxygens (including phenoxy) is 1. The number of rotatable bonds is 8. The molecule has 1 N–H and O–H groups in total. The third-order valence-corrected chi connectivity index (χ3v) is 4.50. The van der Waals surface area contributed by atoms with Crippen LogP contribution in [-0.2, 0) is 6.54 Å². The molecule has 0 atom stereocenters. The lowest BCUT2D eigenvalue weighted by Crippen LogP contribution is -2.27. The van der Waals surface area contributed by atoms with E-state index in [-0.39, 0.29) is 29.8 Å². The summed E-state index contributed by atoms with van der Waals surface area (Å²) in [5.41, 5.74) is -0.619. The number of ketones is 1. The molecule has 27 heavy (non-hydrogen) atoms. The second-order valence-corrected chi connectivity index (χ2v) is 6.58. The van der Waals surface area contributed by atoms with Gasteiger partial charge in [-0.05, 0) is 43.2 Å². The Morgan fingerprint density at radius 3 is 2.56 bits per heavy atom. The number of carbonyl (C=O) groups excluding carboxylic acids is 1. The predicted molar refractivity (Wildman–Crippen MR) is 103 cm³/mol. The number of unbranched alkanes of at least 4 members (excludes halogenated alkanes) is 2. The van der Waals surface area contributed by atoms with Gasteiger partial charge in [0, 0.05) is 11.6 Å². The van der Waals surface area contributed by atoms with Crippen molar-refractivity contribution in [2.24, 2.45) is 0 Å². The third kappa shape index (κ3) is 4.69. The Morgan fingerprint density at radius 2 is 1.96 bits per heavy atom. The summed E-state index contributed by atoms with van der Waals surface area (Å²) in [4.78, 5) is 25.1. The average molecular weight is 389 g/mol. The van der Waals surface area contributed by atoms with Gasteiger partial charge in [0.25, 0.3) is 5.56 Å². The smallest absolute Gasteiger partial charge is 0.271 e. The van der Waals surface area contributed by atoms with E-state index < -0.39 is 17.2 Å². The first-order chi connectivity index (χ1) is 12.9. The van der Waals surface area contributed by atoms with Crippen molar-refractivity contribution in [2.45, 2.75) is 39.7 Å². The summed E-state index contributed by atoms with van der Waals surface area (Å²) in [5, 5.41) is 20.4. The van der Waals surface area contributed by atoms with E-state index in [1.807, 2.05) is 13.0 Å². The fourth-order valence-electron chi connectivity index (χ4n) is 2.76. The van der Waals surface area contributed by atoms with Crippen LogP contribution >= 0.6 is 11.6 Å². The molecule has 6 nitrogen and oxygen atoms in total. The number of carbonyl (C=O) groups is 1. The molecule has 0 amide bonds. The van der Waals surface area contributed by atoms with Gasteiger partial charge < -0.3 is 9.84 Å². The number of nitriles is 1. The molecule has 7 heteroatoms. The van der Waals surface area contributed by atoms with Crippen LogP contribution in [0.4, 0.5) is 0 Å². The Hall–Kier alpha value is -2.78. The molecule has 2 aromatic rings. The SMILES string of the molecule is CCCCCn1c(O)c(C(=O)COc2ccc(Cl)cc2)c(C)c(C#N)c1=O. The molecule has 0 bridgehead atoms. The number of hydrogen-bond donors (Lipinski definition) is 1. The molecular weight excluding hydrogens is 368 g/mol. The number of Topliss-reactive ketones (excluding diaryl/α,β-unsaturated/α-hetero) is 1. The van der Waals surface area contributed by atoms with Gasteiger partial charge in [0.1, 0.15) is 17.4 Å². The van der Waals surface area contributed by atoms with Gasteiger partial charge in [-0.3, -0.25) is 14.2 Å². The van der Waals surface area contributed by atoms with Crippen molar-refractivity contribution in [3.63, 3.8) is 0 Å². The Balaban J connectivity index is 2.34. The Labute approximate surface area is 162 Å². The molecule has 2 rings (SSSR count). The van der Waals surface area contributed by atoms with E-state index >= 15 is 0 Å². The van der Waals surface area contributed by atoms with E-state index in [4.69, 9.17) is 16.3 Å². The van der Waals surface area contributed by atoms with Crippen LogP contribution in [0.3, 0.4) is 0 Å². The highest BCUT2D eigenvalue weighted by Crippen LogP contribution is 2.23. The zero-order chi connectivity index (χ0) is 20.0. The van der Waals surface area contributed by atoms with Crippen LogP contribution in [0.15, 0.2) is 29.1 Å². The van der Waals surface area contributed by atoms with Crippen molar-refractivity contribution in [2.75, 3.05) is 6.61 Å². The molecule has 1 heterocycles. The molecule has 1 aromatic carbocycles. The minimum absolute atomic E-state index is 0.0587. The van der Waals surface area contributed by atoms with Crippen molar-refractivity contribution in [1.82, 2.24) is 4.57 Å². The van der Waals surface area contributed by atoms with Crippen LogP contribution in [0.5, 0.6) is 11.6 Å². The zero-order valence-corrected chi connectivity index (χ0v) is 16.0. The lowest BCUT2D eigenvalue weighted by molar-refractivity contribution is 0.0916. The van der Waals surface area contributed by atoms with Gasteiger partial charge in [-0.1, -0.05) is 31.4 Å². The predicted octanol–water partition coefficient (Wildman–Crippen LogP) is 3.84. The molecule has 0 unspecified atom stereocenters. The summed E-state index contributed by atoms with van der Waals surface area (Å²) in [6, 6.07) is 8.35. The van der Waals surface area contributed by atoms with Gasteiger partial charge in [0.2, 0.25) is 11.7 Å². The highest BCUT2D eigenvalue weighted by molar-refractivity contribution is 6.30. The topological polar surface area (TPSA) is 92.3 Å². The number of halogens is 1. The fourth-order valence-corrected chi connectivity index (χ4v) is 2.89. The number of hydrogen-bond acceptors (Lipinski definition) is 5. The lowest BCUT2D eigenvalue weighted by atomic mass is 10.0. The van der Waals surface area contributed by atoms with Crippen LogP contribution in [0.2, 0.25) is 5.02 Å². The second kappa shape index (κ2) is 9.24. The maximum absolute atomic E-state index is 12.7. The molecule has 0 fully saturated rings. The Morgan fingerprint density at radius 1 is 1.30 bits per heavy atom. The Kier molecular flexibility index (Phi) is 7.03. The molecule has 0 aliphatic rings. The molecule has 142 valence electrons. The number of benzene rings is 1. The van der Waals surface area contributed by atoms with Crippen LogP contribution in [0.1, 0.15) is 47.7 Å².